The minimum atomic E-state index is -4.64. The summed E-state index contributed by atoms with van der Waals surface area (Å²) >= 11 is 5.57. The van der Waals surface area contributed by atoms with E-state index in [1.54, 1.807) is 30.3 Å². The molecule has 0 unspecified atom stereocenters. The van der Waals surface area contributed by atoms with Gasteiger partial charge < -0.3 is 20.7 Å². The molecular formula is C28H24ClF3N4O3. The fraction of sp³-hybridized carbons (Fsp3) is 0.107. The fourth-order valence-electron chi connectivity index (χ4n) is 3.12. The minimum Gasteiger partial charge on any atom is -0.457 e. The maximum atomic E-state index is 12.9. The van der Waals surface area contributed by atoms with Crippen LogP contribution in [0.15, 0.2) is 91.1 Å². The number of alkyl halides is 3. The first kappa shape index (κ1) is 29.0. The standard InChI is InChI=1S/C21H16ClF3N4O3.C7H8/c1-26-19(30)18-11-15(8-9-27-18)32-14-5-2-12(3-6-14)28-20(31)29-13-4-7-17(22)16(10-13)21(23,24)25;1-7-5-3-2-4-6-7/h2-11H,1H3,(H,26,30)(H2,28,29,31);2-6H,1H3. The van der Waals surface area contributed by atoms with Crippen molar-refractivity contribution in [2.45, 2.75) is 13.1 Å². The largest absolute Gasteiger partial charge is 0.457 e. The maximum Gasteiger partial charge on any atom is 0.417 e. The van der Waals surface area contributed by atoms with E-state index < -0.39 is 22.8 Å². The van der Waals surface area contributed by atoms with Gasteiger partial charge in [0.25, 0.3) is 5.91 Å². The van der Waals surface area contributed by atoms with Crippen LogP contribution in [0, 0.1) is 6.92 Å². The number of benzene rings is 3. The van der Waals surface area contributed by atoms with Crippen LogP contribution in [0.1, 0.15) is 21.6 Å². The number of amides is 3. The van der Waals surface area contributed by atoms with Gasteiger partial charge in [0, 0.05) is 30.7 Å². The SMILES string of the molecule is CNC(=O)c1cc(Oc2ccc(NC(=O)Nc3ccc(Cl)c(C(F)(F)F)c3)cc2)ccn1.Cc1ccccc1. The van der Waals surface area contributed by atoms with E-state index in [1.807, 2.05) is 18.2 Å². The lowest BCUT2D eigenvalue weighted by Crippen LogP contribution is -2.19. The zero-order valence-corrected chi connectivity index (χ0v) is 21.6. The number of pyridine rings is 1. The topological polar surface area (TPSA) is 92.4 Å². The number of nitrogens with zero attached hydrogens (tertiary/aromatic N) is 1. The second-order valence-electron chi connectivity index (χ2n) is 8.01. The van der Waals surface area contributed by atoms with Crippen LogP contribution >= 0.6 is 11.6 Å². The first-order chi connectivity index (χ1) is 18.5. The van der Waals surface area contributed by atoms with Gasteiger partial charge in [0.05, 0.1) is 10.6 Å². The van der Waals surface area contributed by atoms with Gasteiger partial charge in [-0.25, -0.2) is 4.79 Å². The molecule has 39 heavy (non-hydrogen) atoms. The van der Waals surface area contributed by atoms with Crippen LogP contribution in [-0.4, -0.2) is 24.0 Å². The van der Waals surface area contributed by atoms with E-state index in [2.05, 4.69) is 40.0 Å². The van der Waals surface area contributed by atoms with Gasteiger partial charge in [-0.1, -0.05) is 47.5 Å². The number of hydrogen-bond acceptors (Lipinski definition) is 4. The van der Waals surface area contributed by atoms with Gasteiger partial charge in [0.15, 0.2) is 0 Å². The smallest absolute Gasteiger partial charge is 0.417 e. The Bertz CT molecular complexity index is 1420. The van der Waals surface area contributed by atoms with Gasteiger partial charge in [-0.05, 0) is 55.5 Å². The van der Waals surface area contributed by atoms with Crippen LogP contribution in [-0.2, 0) is 6.18 Å². The molecule has 3 amide bonds. The Labute approximate surface area is 228 Å². The van der Waals surface area contributed by atoms with E-state index >= 15 is 0 Å². The molecule has 0 spiro atoms. The van der Waals surface area contributed by atoms with E-state index in [9.17, 15) is 22.8 Å². The number of rotatable bonds is 5. The molecule has 202 valence electrons. The van der Waals surface area contributed by atoms with Crippen LogP contribution < -0.4 is 20.7 Å². The summed E-state index contributed by atoms with van der Waals surface area (Å²) in [6.07, 6.45) is -3.21. The summed E-state index contributed by atoms with van der Waals surface area (Å²) < 4.78 is 44.5. The summed E-state index contributed by atoms with van der Waals surface area (Å²) in [5.74, 6) is 0.460. The van der Waals surface area contributed by atoms with E-state index in [0.29, 0.717) is 17.2 Å². The maximum absolute atomic E-state index is 12.9. The highest BCUT2D eigenvalue weighted by Gasteiger charge is 2.33. The molecule has 4 aromatic rings. The number of urea groups is 1. The Kier molecular flexibility index (Phi) is 9.88. The van der Waals surface area contributed by atoms with E-state index in [4.69, 9.17) is 16.3 Å². The summed E-state index contributed by atoms with van der Waals surface area (Å²) in [4.78, 5) is 27.7. The first-order valence-corrected chi connectivity index (χ1v) is 11.9. The number of ether oxygens (including phenoxy) is 1. The van der Waals surface area contributed by atoms with Gasteiger partial charge in [0.1, 0.15) is 17.2 Å². The second kappa shape index (κ2) is 13.3. The van der Waals surface area contributed by atoms with Crippen molar-refractivity contribution in [2.75, 3.05) is 17.7 Å². The molecule has 11 heteroatoms. The van der Waals surface area contributed by atoms with Crippen LogP contribution in [0.2, 0.25) is 5.02 Å². The Hall–Kier alpha value is -4.57. The number of carbonyl (C=O) groups is 2. The van der Waals surface area contributed by atoms with Crippen molar-refractivity contribution in [3.05, 3.63) is 113 Å². The summed E-state index contributed by atoms with van der Waals surface area (Å²) in [7, 11) is 1.49. The van der Waals surface area contributed by atoms with Gasteiger partial charge >= 0.3 is 12.2 Å². The summed E-state index contributed by atoms with van der Waals surface area (Å²) in [5, 5.41) is 6.83. The predicted molar refractivity (Wildman–Crippen MR) is 144 cm³/mol. The van der Waals surface area contributed by atoms with Crippen molar-refractivity contribution in [1.82, 2.24) is 10.3 Å². The summed E-state index contributed by atoms with van der Waals surface area (Å²) in [6.45, 7) is 2.08. The summed E-state index contributed by atoms with van der Waals surface area (Å²) in [6, 6.07) is 21.9. The Balaban J connectivity index is 0.000000520. The summed E-state index contributed by atoms with van der Waals surface area (Å²) in [5.41, 5.74) is 0.775. The zero-order valence-electron chi connectivity index (χ0n) is 20.8. The number of nitrogens with one attached hydrogen (secondary N) is 3. The molecule has 3 N–H and O–H groups in total. The van der Waals surface area contributed by atoms with Crippen molar-refractivity contribution in [2.24, 2.45) is 0 Å². The molecule has 0 radical (unpaired) electrons. The molecule has 0 aliphatic carbocycles. The van der Waals surface area contributed by atoms with Crippen LogP contribution in [0.25, 0.3) is 0 Å². The molecule has 4 rings (SSSR count). The average molecular weight is 557 g/mol. The lowest BCUT2D eigenvalue weighted by Gasteiger charge is -2.12. The quantitative estimate of drug-likeness (QED) is 0.237. The van der Waals surface area contributed by atoms with Crippen LogP contribution in [0.4, 0.5) is 29.3 Å². The number of aromatic nitrogens is 1. The van der Waals surface area contributed by atoms with Crippen molar-refractivity contribution in [3.8, 4) is 11.5 Å². The monoisotopic (exact) mass is 556 g/mol. The number of hydrogen-bond donors (Lipinski definition) is 3. The van der Waals surface area contributed by atoms with Gasteiger partial charge in [-0.3, -0.25) is 9.78 Å². The average Bonchev–Trinajstić information content (AvgIpc) is 2.91. The molecule has 0 atom stereocenters. The highest BCUT2D eigenvalue weighted by atomic mass is 35.5. The molecule has 0 aliphatic rings. The molecule has 1 heterocycles. The Morgan fingerprint density at radius 2 is 1.49 bits per heavy atom. The Morgan fingerprint density at radius 1 is 0.846 bits per heavy atom. The van der Waals surface area contributed by atoms with E-state index in [1.165, 1.54) is 30.9 Å². The lowest BCUT2D eigenvalue weighted by molar-refractivity contribution is -0.137. The van der Waals surface area contributed by atoms with Crippen molar-refractivity contribution >= 4 is 34.9 Å². The molecule has 7 nitrogen and oxygen atoms in total. The molecule has 0 aliphatic heterocycles. The van der Waals surface area contributed by atoms with Crippen LogP contribution in [0.5, 0.6) is 11.5 Å². The minimum absolute atomic E-state index is 0.0659. The van der Waals surface area contributed by atoms with Crippen molar-refractivity contribution in [1.29, 1.82) is 0 Å². The highest BCUT2D eigenvalue weighted by Crippen LogP contribution is 2.36. The molecular weight excluding hydrogens is 533 g/mol. The van der Waals surface area contributed by atoms with Gasteiger partial charge in [-0.2, -0.15) is 13.2 Å². The molecule has 0 fully saturated rings. The number of aryl methyl sites for hydroxylation is 1. The van der Waals surface area contributed by atoms with E-state index in [0.717, 1.165) is 12.1 Å². The van der Waals surface area contributed by atoms with Gasteiger partial charge in [0.2, 0.25) is 0 Å². The molecule has 3 aromatic carbocycles. The molecule has 0 saturated carbocycles. The molecule has 1 aromatic heterocycles. The zero-order chi connectivity index (χ0) is 28.4. The second-order valence-corrected chi connectivity index (χ2v) is 8.42. The number of anilines is 2. The van der Waals surface area contributed by atoms with E-state index in [-0.39, 0.29) is 17.3 Å². The van der Waals surface area contributed by atoms with Gasteiger partial charge in [-0.15, -0.1) is 0 Å². The third kappa shape index (κ3) is 9.04. The highest BCUT2D eigenvalue weighted by molar-refractivity contribution is 6.31. The number of halogens is 4. The lowest BCUT2D eigenvalue weighted by atomic mass is 10.2. The van der Waals surface area contributed by atoms with Crippen molar-refractivity contribution < 1.29 is 27.5 Å². The normalized spacial score (nSPS) is 10.5. The first-order valence-electron chi connectivity index (χ1n) is 11.5. The number of carbonyl (C=O) groups excluding carboxylic acids is 2. The molecule has 0 bridgehead atoms. The Morgan fingerprint density at radius 3 is 2.08 bits per heavy atom. The fourth-order valence-corrected chi connectivity index (χ4v) is 3.34. The van der Waals surface area contributed by atoms with Crippen molar-refractivity contribution in [3.63, 3.8) is 0 Å². The third-order valence-electron chi connectivity index (χ3n) is 5.01. The predicted octanol–water partition coefficient (Wildman–Crippen LogP) is 7.54. The van der Waals surface area contributed by atoms with Crippen LogP contribution in [0.3, 0.4) is 0 Å². The molecule has 0 saturated heterocycles. The third-order valence-corrected chi connectivity index (χ3v) is 5.34.